The van der Waals surface area contributed by atoms with Gasteiger partial charge in [-0.2, -0.15) is 13.2 Å². The second kappa shape index (κ2) is 5.80. The Kier molecular flexibility index (Phi) is 4.89. The van der Waals surface area contributed by atoms with Gasteiger partial charge in [-0.05, 0) is 12.1 Å². The summed E-state index contributed by atoms with van der Waals surface area (Å²) in [6, 6.07) is 3.93. The number of nitrogens with two attached hydrogens (primary N) is 1. The second-order valence-electron chi connectivity index (χ2n) is 4.15. The largest absolute Gasteiger partial charge is 0.390 e. The van der Waals surface area contributed by atoms with Crippen LogP contribution in [0.3, 0.4) is 0 Å². The first-order valence-electron chi connectivity index (χ1n) is 5.44. The number of rotatable bonds is 5. The molecular formula is C11H10ClF4NO3S. The van der Waals surface area contributed by atoms with Crippen LogP contribution in [-0.2, 0) is 19.6 Å². The third-order valence-corrected chi connectivity index (χ3v) is 4.90. The van der Waals surface area contributed by atoms with Crippen molar-refractivity contribution in [2.75, 3.05) is 5.75 Å². The highest BCUT2D eigenvalue weighted by Crippen LogP contribution is 2.35. The number of carbonyl (C=O) groups is 1. The van der Waals surface area contributed by atoms with Crippen LogP contribution < -0.4 is 5.73 Å². The van der Waals surface area contributed by atoms with E-state index in [1.807, 2.05) is 0 Å². The normalized spacial score (nSPS) is 15.5. The first kappa shape index (κ1) is 17.7. The number of hydrogen-bond acceptors (Lipinski definition) is 3. The molecule has 1 unspecified atom stereocenters. The summed E-state index contributed by atoms with van der Waals surface area (Å²) in [5.41, 5.74) is 4.07. The van der Waals surface area contributed by atoms with Gasteiger partial charge in [0, 0.05) is 10.6 Å². The van der Waals surface area contributed by atoms with Gasteiger partial charge < -0.3 is 5.73 Å². The van der Waals surface area contributed by atoms with E-state index < -0.39 is 44.7 Å². The maximum atomic E-state index is 14.7. The molecule has 2 N–H and O–H groups in total. The van der Waals surface area contributed by atoms with Gasteiger partial charge in [-0.1, -0.05) is 23.7 Å². The van der Waals surface area contributed by atoms with Crippen LogP contribution in [0, 0.1) is 0 Å². The molecule has 0 bridgehead atoms. The summed E-state index contributed by atoms with van der Waals surface area (Å²) in [4.78, 5) is 11.2. The molecule has 10 heteroatoms. The number of sulfone groups is 1. The number of halogens is 5. The Morgan fingerprint density at radius 3 is 2.00 bits per heavy atom. The zero-order valence-corrected chi connectivity index (χ0v) is 11.9. The lowest BCUT2D eigenvalue weighted by Crippen LogP contribution is -2.45. The van der Waals surface area contributed by atoms with Crippen LogP contribution in [0.1, 0.15) is 12.0 Å². The minimum Gasteiger partial charge on any atom is -0.366 e. The summed E-state index contributed by atoms with van der Waals surface area (Å²) in [6.45, 7) is 0. The predicted octanol–water partition coefficient (Wildman–Crippen LogP) is 2.31. The fourth-order valence-electron chi connectivity index (χ4n) is 1.53. The number of benzene rings is 1. The lowest BCUT2D eigenvalue weighted by atomic mass is 10.1. The summed E-state index contributed by atoms with van der Waals surface area (Å²) in [6.07, 6.45) is -6.60. The van der Waals surface area contributed by atoms with Gasteiger partial charge in [0.05, 0.1) is 12.2 Å². The molecule has 4 nitrogen and oxygen atoms in total. The Morgan fingerprint density at radius 2 is 1.62 bits per heavy atom. The molecular weight excluding hydrogens is 338 g/mol. The van der Waals surface area contributed by atoms with Crippen molar-refractivity contribution in [1.29, 1.82) is 0 Å². The van der Waals surface area contributed by atoms with Crippen molar-refractivity contribution < 1.29 is 30.8 Å². The molecule has 1 aromatic carbocycles. The Bertz CT molecular complexity index is 630. The van der Waals surface area contributed by atoms with Crippen LogP contribution in [0.25, 0.3) is 0 Å². The van der Waals surface area contributed by atoms with Crippen LogP contribution in [0.5, 0.6) is 0 Å². The average Bonchev–Trinajstić information content (AvgIpc) is 2.35. The van der Waals surface area contributed by atoms with Crippen LogP contribution in [-0.4, -0.2) is 26.3 Å². The Labute approximate surface area is 122 Å². The number of alkyl halides is 4. The monoisotopic (exact) mass is 347 g/mol. The van der Waals surface area contributed by atoms with E-state index in [2.05, 4.69) is 0 Å². The summed E-state index contributed by atoms with van der Waals surface area (Å²) < 4.78 is 74.6. The molecule has 0 aliphatic heterocycles. The molecule has 1 aromatic rings. The number of hydrogen-bond donors (Lipinski definition) is 1. The fraction of sp³-hybridized carbons (Fsp3) is 0.364. The fourth-order valence-corrected chi connectivity index (χ4v) is 3.24. The van der Waals surface area contributed by atoms with E-state index in [0.29, 0.717) is 0 Å². The highest BCUT2D eigenvalue weighted by atomic mass is 35.5. The van der Waals surface area contributed by atoms with Gasteiger partial charge in [-0.25, -0.2) is 12.8 Å². The quantitative estimate of drug-likeness (QED) is 0.830. The van der Waals surface area contributed by atoms with E-state index in [0.717, 1.165) is 24.3 Å². The SMILES string of the molecule is NC(=O)C(F)(c1ccc(Cl)cc1)S(=O)(=O)CCC(F)(F)F. The van der Waals surface area contributed by atoms with Crippen molar-refractivity contribution in [3.63, 3.8) is 0 Å². The standard InChI is InChI=1S/C11H10ClF4NO3S/c12-8-3-1-7(2-4-8)11(16,9(17)18)21(19,20)6-5-10(13,14)15/h1-4H,5-6H2,(H2,17,18). The van der Waals surface area contributed by atoms with Crippen molar-refractivity contribution in [3.05, 3.63) is 34.9 Å². The number of amides is 1. The van der Waals surface area contributed by atoms with E-state index in [-0.39, 0.29) is 5.02 Å². The van der Waals surface area contributed by atoms with Gasteiger partial charge in [0.25, 0.3) is 5.91 Å². The summed E-state index contributed by atoms with van der Waals surface area (Å²) in [5.74, 6) is -3.51. The van der Waals surface area contributed by atoms with Gasteiger partial charge in [0.15, 0.2) is 9.84 Å². The first-order valence-corrected chi connectivity index (χ1v) is 7.47. The maximum absolute atomic E-state index is 14.7. The molecule has 0 heterocycles. The molecule has 21 heavy (non-hydrogen) atoms. The van der Waals surface area contributed by atoms with Gasteiger partial charge >= 0.3 is 11.2 Å². The topological polar surface area (TPSA) is 77.2 Å². The molecule has 0 aliphatic carbocycles. The Morgan fingerprint density at radius 1 is 1.14 bits per heavy atom. The van der Waals surface area contributed by atoms with Crippen molar-refractivity contribution in [3.8, 4) is 0 Å². The third-order valence-electron chi connectivity index (χ3n) is 2.62. The lowest BCUT2D eigenvalue weighted by Gasteiger charge is -2.22. The second-order valence-corrected chi connectivity index (χ2v) is 6.79. The molecule has 0 radical (unpaired) electrons. The summed E-state index contributed by atoms with van der Waals surface area (Å²) in [7, 11) is -5.12. The highest BCUT2D eigenvalue weighted by molar-refractivity contribution is 7.92. The molecule has 1 rings (SSSR count). The van der Waals surface area contributed by atoms with Gasteiger partial charge in [-0.15, -0.1) is 0 Å². The molecule has 0 fully saturated rings. The zero-order chi connectivity index (χ0) is 16.5. The van der Waals surface area contributed by atoms with Crippen molar-refractivity contribution in [2.45, 2.75) is 17.6 Å². The molecule has 0 saturated carbocycles. The molecule has 1 atom stereocenters. The predicted molar refractivity (Wildman–Crippen MR) is 67.9 cm³/mol. The minimum atomic E-state index is -5.12. The Balaban J connectivity index is 3.28. The molecule has 0 saturated heterocycles. The van der Waals surface area contributed by atoms with E-state index in [1.165, 1.54) is 0 Å². The molecule has 1 amide bonds. The van der Waals surface area contributed by atoms with E-state index in [9.17, 15) is 30.8 Å². The molecule has 0 aromatic heterocycles. The first-order chi connectivity index (χ1) is 9.40. The average molecular weight is 348 g/mol. The van der Waals surface area contributed by atoms with Crippen LogP contribution in [0.2, 0.25) is 5.02 Å². The number of primary amides is 1. The summed E-state index contributed by atoms with van der Waals surface area (Å²) >= 11 is 5.54. The van der Waals surface area contributed by atoms with Crippen LogP contribution in [0.4, 0.5) is 17.6 Å². The zero-order valence-electron chi connectivity index (χ0n) is 10.3. The Hall–Kier alpha value is -1.35. The lowest BCUT2D eigenvalue weighted by molar-refractivity contribution is -0.131. The minimum absolute atomic E-state index is 0.123. The van der Waals surface area contributed by atoms with Crippen molar-refractivity contribution in [2.24, 2.45) is 5.73 Å². The van der Waals surface area contributed by atoms with Crippen LogP contribution in [0.15, 0.2) is 24.3 Å². The van der Waals surface area contributed by atoms with Crippen molar-refractivity contribution in [1.82, 2.24) is 0 Å². The highest BCUT2D eigenvalue weighted by Gasteiger charge is 2.52. The van der Waals surface area contributed by atoms with Crippen LogP contribution >= 0.6 is 11.6 Å². The van der Waals surface area contributed by atoms with E-state index in [4.69, 9.17) is 17.3 Å². The van der Waals surface area contributed by atoms with E-state index in [1.54, 1.807) is 0 Å². The molecule has 0 aliphatic rings. The molecule has 0 spiro atoms. The van der Waals surface area contributed by atoms with Crippen molar-refractivity contribution >= 4 is 27.3 Å². The number of carbonyl (C=O) groups excluding carboxylic acids is 1. The maximum Gasteiger partial charge on any atom is 0.390 e. The summed E-state index contributed by atoms with van der Waals surface area (Å²) in [5, 5.41) is -3.62. The smallest absolute Gasteiger partial charge is 0.366 e. The molecule has 118 valence electrons. The van der Waals surface area contributed by atoms with Gasteiger partial charge in [0.2, 0.25) is 0 Å². The van der Waals surface area contributed by atoms with Gasteiger partial charge in [-0.3, -0.25) is 4.79 Å². The van der Waals surface area contributed by atoms with Gasteiger partial charge in [0.1, 0.15) is 0 Å². The third kappa shape index (κ3) is 3.85. The van der Waals surface area contributed by atoms with E-state index >= 15 is 0 Å².